The highest BCUT2D eigenvalue weighted by molar-refractivity contribution is 6.13. The molecule has 0 aromatic carbocycles. The zero-order valence-electron chi connectivity index (χ0n) is 6.66. The molecule has 0 aromatic rings. The molecule has 1 atom stereocenters. The molecule has 0 fully saturated rings. The first-order valence-electron chi connectivity index (χ1n) is 3.38. The number of hydrogen-bond acceptors (Lipinski definition) is 1. The molecule has 9 heavy (non-hydrogen) atoms. The monoisotopic (exact) mass is 149 g/mol. The molecule has 0 spiro atoms. The molecule has 0 rings (SSSR count). The summed E-state index contributed by atoms with van der Waals surface area (Å²) in [6.07, 6.45) is 1.08. The van der Waals surface area contributed by atoms with Crippen molar-refractivity contribution in [2.24, 2.45) is 5.41 Å². The Kier molecular flexibility index (Phi) is 3.52. The van der Waals surface area contributed by atoms with Crippen LogP contribution in [0.2, 0.25) is 0 Å². The van der Waals surface area contributed by atoms with Crippen LogP contribution in [0.4, 0.5) is 0 Å². The summed E-state index contributed by atoms with van der Waals surface area (Å²) in [5, 5.41) is 0. The van der Waals surface area contributed by atoms with Crippen LogP contribution in [0.25, 0.3) is 0 Å². The van der Waals surface area contributed by atoms with Gasteiger partial charge >= 0.3 is 0 Å². The van der Waals surface area contributed by atoms with E-state index in [-0.39, 0.29) is 5.41 Å². The largest absolute Gasteiger partial charge is 0.230 e. The fourth-order valence-corrected chi connectivity index (χ4v) is 1.33. The third-order valence-corrected chi connectivity index (χ3v) is 1.85. The van der Waals surface area contributed by atoms with Gasteiger partial charge in [0.05, 0.1) is 0 Å². The molecule has 0 heterocycles. The summed E-state index contributed by atoms with van der Waals surface area (Å²) >= 11 is 5.50. The van der Waals surface area contributed by atoms with Crippen LogP contribution in [0, 0.1) is 5.41 Å². The molecule has 0 amide bonds. The summed E-state index contributed by atoms with van der Waals surface area (Å²) in [4.78, 5) is 2.76. The first-order chi connectivity index (χ1) is 4.02. The molecule has 0 saturated heterocycles. The third-order valence-electron chi connectivity index (χ3n) is 1.59. The van der Waals surface area contributed by atoms with Crippen LogP contribution in [0.3, 0.4) is 0 Å². The van der Waals surface area contributed by atoms with Crippen molar-refractivity contribution in [1.29, 1.82) is 0 Å². The average Bonchev–Trinajstić information content (AvgIpc) is 1.65. The smallest absolute Gasteiger partial charge is 0.0266 e. The Balaban J connectivity index is 3.79. The van der Waals surface area contributed by atoms with Crippen molar-refractivity contribution in [3.8, 4) is 0 Å². The predicted octanol–water partition coefficient (Wildman–Crippen LogP) is 2.55. The first-order valence-corrected chi connectivity index (χ1v) is 3.76. The summed E-state index contributed by atoms with van der Waals surface area (Å²) in [7, 11) is 0. The molecule has 1 nitrogen and oxygen atoms in total. The van der Waals surface area contributed by atoms with Gasteiger partial charge in [0.25, 0.3) is 0 Å². The minimum absolute atomic E-state index is 0.274. The molecule has 0 aliphatic heterocycles. The van der Waals surface area contributed by atoms with E-state index in [4.69, 9.17) is 11.8 Å². The maximum atomic E-state index is 5.50. The Morgan fingerprint density at radius 2 is 1.89 bits per heavy atom. The van der Waals surface area contributed by atoms with Gasteiger partial charge in [0.15, 0.2) is 0 Å². The Morgan fingerprint density at radius 1 is 1.44 bits per heavy atom. The summed E-state index contributed by atoms with van der Waals surface area (Å²) in [6, 6.07) is 0.416. The summed E-state index contributed by atoms with van der Waals surface area (Å²) in [6.45, 7) is 8.66. The Labute approximate surface area is 62.9 Å². The predicted molar refractivity (Wildman–Crippen MR) is 42.5 cm³/mol. The van der Waals surface area contributed by atoms with E-state index in [0.29, 0.717) is 6.04 Å². The van der Waals surface area contributed by atoms with Crippen LogP contribution >= 0.6 is 11.8 Å². The number of nitrogens with one attached hydrogen (secondary N) is 1. The molecule has 0 aliphatic carbocycles. The second kappa shape index (κ2) is 3.43. The van der Waals surface area contributed by atoms with E-state index in [1.807, 2.05) is 0 Å². The first kappa shape index (κ1) is 9.25. The quantitative estimate of drug-likeness (QED) is 0.596. The van der Waals surface area contributed by atoms with Crippen LogP contribution in [0.1, 0.15) is 34.1 Å². The van der Waals surface area contributed by atoms with E-state index in [9.17, 15) is 0 Å². The molecule has 2 heteroatoms. The van der Waals surface area contributed by atoms with Crippen molar-refractivity contribution in [2.45, 2.75) is 40.2 Å². The van der Waals surface area contributed by atoms with Gasteiger partial charge in [-0.05, 0) is 23.6 Å². The van der Waals surface area contributed by atoms with Crippen molar-refractivity contribution < 1.29 is 0 Å². The Morgan fingerprint density at radius 3 is 1.89 bits per heavy atom. The highest BCUT2D eigenvalue weighted by atomic mass is 35.5. The van der Waals surface area contributed by atoms with Gasteiger partial charge in [-0.15, -0.1) is 0 Å². The van der Waals surface area contributed by atoms with Gasteiger partial charge in [0, 0.05) is 6.04 Å². The molecular weight excluding hydrogens is 134 g/mol. The summed E-state index contributed by atoms with van der Waals surface area (Å²) in [5.74, 6) is 0. The van der Waals surface area contributed by atoms with Gasteiger partial charge in [-0.2, -0.15) is 0 Å². The number of hydrogen-bond donors (Lipinski definition) is 1. The highest BCUT2D eigenvalue weighted by Gasteiger charge is 2.21. The minimum atomic E-state index is 0.274. The fraction of sp³-hybridized carbons (Fsp3) is 1.00. The third kappa shape index (κ3) is 3.07. The van der Waals surface area contributed by atoms with Crippen molar-refractivity contribution in [1.82, 2.24) is 4.84 Å². The van der Waals surface area contributed by atoms with E-state index in [1.165, 1.54) is 0 Å². The van der Waals surface area contributed by atoms with Crippen LogP contribution in [-0.4, -0.2) is 6.04 Å². The summed E-state index contributed by atoms with van der Waals surface area (Å²) in [5.41, 5.74) is 0.274. The van der Waals surface area contributed by atoms with Gasteiger partial charge in [-0.1, -0.05) is 27.7 Å². The molecule has 0 bridgehead atoms. The van der Waals surface area contributed by atoms with E-state index in [2.05, 4.69) is 32.5 Å². The molecule has 0 radical (unpaired) electrons. The maximum Gasteiger partial charge on any atom is 0.0266 e. The highest BCUT2D eigenvalue weighted by Crippen LogP contribution is 2.21. The second-order valence-electron chi connectivity index (χ2n) is 3.44. The van der Waals surface area contributed by atoms with E-state index in [0.717, 1.165) is 6.42 Å². The second-order valence-corrected chi connectivity index (χ2v) is 3.65. The minimum Gasteiger partial charge on any atom is -0.230 e. The normalized spacial score (nSPS) is 15.7. The van der Waals surface area contributed by atoms with Crippen LogP contribution in [-0.2, 0) is 0 Å². The zero-order chi connectivity index (χ0) is 7.49. The van der Waals surface area contributed by atoms with Gasteiger partial charge in [0.1, 0.15) is 0 Å². The molecule has 0 unspecified atom stereocenters. The topological polar surface area (TPSA) is 12.0 Å². The average molecular weight is 150 g/mol. The van der Waals surface area contributed by atoms with Crippen molar-refractivity contribution in [3.05, 3.63) is 0 Å². The zero-order valence-corrected chi connectivity index (χ0v) is 7.42. The number of halogens is 1. The van der Waals surface area contributed by atoms with E-state index < -0.39 is 0 Å². The van der Waals surface area contributed by atoms with E-state index in [1.54, 1.807) is 0 Å². The van der Waals surface area contributed by atoms with Gasteiger partial charge in [0.2, 0.25) is 0 Å². The standard InChI is InChI=1S/C7H16ClN/c1-5-6(9-8)7(2,3)4/h6,9H,5H2,1-4H3/t6-/m1/s1. The lowest BCUT2D eigenvalue weighted by atomic mass is 9.86. The fourth-order valence-electron chi connectivity index (χ4n) is 0.853. The summed E-state index contributed by atoms with van der Waals surface area (Å²) < 4.78 is 0. The molecule has 1 N–H and O–H groups in total. The van der Waals surface area contributed by atoms with E-state index >= 15 is 0 Å². The van der Waals surface area contributed by atoms with Crippen molar-refractivity contribution >= 4 is 11.8 Å². The molecule has 0 aliphatic rings. The maximum absolute atomic E-state index is 5.50. The van der Waals surface area contributed by atoms with Crippen LogP contribution in [0.15, 0.2) is 0 Å². The lowest BCUT2D eigenvalue weighted by Crippen LogP contribution is -2.34. The molecule has 0 aromatic heterocycles. The van der Waals surface area contributed by atoms with Crippen LogP contribution < -0.4 is 4.84 Å². The van der Waals surface area contributed by atoms with Crippen molar-refractivity contribution in [3.63, 3.8) is 0 Å². The van der Waals surface area contributed by atoms with Gasteiger partial charge in [-0.3, -0.25) is 0 Å². The molecular formula is C7H16ClN. The van der Waals surface area contributed by atoms with Gasteiger partial charge in [-0.25, -0.2) is 4.84 Å². The SMILES string of the molecule is CC[C@@H](NCl)C(C)(C)C. The Hall–Kier alpha value is 0.250. The van der Waals surface area contributed by atoms with Gasteiger partial charge < -0.3 is 0 Å². The lowest BCUT2D eigenvalue weighted by molar-refractivity contribution is 0.295. The molecule has 0 saturated carbocycles. The number of rotatable bonds is 2. The van der Waals surface area contributed by atoms with Crippen molar-refractivity contribution in [2.75, 3.05) is 0 Å². The lowest BCUT2D eigenvalue weighted by Gasteiger charge is -2.27. The Bertz CT molecular complexity index is 71.5. The molecule has 56 valence electrons. The van der Waals surface area contributed by atoms with Crippen LogP contribution in [0.5, 0.6) is 0 Å².